The van der Waals surface area contributed by atoms with E-state index in [1.165, 1.54) is 17.3 Å². The van der Waals surface area contributed by atoms with E-state index >= 15 is 0 Å². The first-order valence-electron chi connectivity index (χ1n) is 8.60. The number of halogens is 1. The van der Waals surface area contributed by atoms with Crippen molar-refractivity contribution < 1.29 is 14.3 Å². The van der Waals surface area contributed by atoms with Crippen molar-refractivity contribution in [2.45, 2.75) is 25.9 Å². The van der Waals surface area contributed by atoms with Gasteiger partial charge in [-0.3, -0.25) is 4.90 Å². The van der Waals surface area contributed by atoms with Gasteiger partial charge in [-0.1, -0.05) is 29.8 Å². The maximum absolute atomic E-state index is 13.1. The van der Waals surface area contributed by atoms with E-state index in [0.29, 0.717) is 17.4 Å². The van der Waals surface area contributed by atoms with Gasteiger partial charge in [0.2, 0.25) is 5.83 Å². The molecule has 1 aromatic heterocycles. The summed E-state index contributed by atoms with van der Waals surface area (Å²) in [4.78, 5) is 17.1. The lowest BCUT2D eigenvalue weighted by molar-refractivity contribution is -0.134. The monoisotopic (exact) mass is 355 g/mol. The van der Waals surface area contributed by atoms with Crippen molar-refractivity contribution in [1.29, 1.82) is 0 Å². The number of nitrogens with zero attached hydrogens (tertiary/aromatic N) is 2. The van der Waals surface area contributed by atoms with Crippen molar-refractivity contribution in [2.24, 2.45) is 0 Å². The van der Waals surface area contributed by atoms with Crippen LogP contribution in [-0.2, 0) is 11.3 Å². The molecule has 5 nitrogen and oxygen atoms in total. The smallest absolute Gasteiger partial charge is 0.364 e. The van der Waals surface area contributed by atoms with Crippen LogP contribution in [0.2, 0.25) is 0 Å². The van der Waals surface area contributed by atoms with E-state index in [-0.39, 0.29) is 0 Å². The molecule has 0 amide bonds. The Morgan fingerprint density at radius 3 is 2.77 bits per heavy atom. The first kappa shape index (κ1) is 18.1. The predicted octanol–water partition coefficient (Wildman–Crippen LogP) is 3.47. The van der Waals surface area contributed by atoms with Gasteiger partial charge in [-0.15, -0.1) is 0 Å². The number of anilines is 1. The number of aryl methyl sites for hydroxylation is 1. The van der Waals surface area contributed by atoms with Gasteiger partial charge in [-0.2, -0.15) is 4.39 Å². The molecule has 2 aromatic rings. The van der Waals surface area contributed by atoms with Crippen molar-refractivity contribution in [3.63, 3.8) is 0 Å². The van der Waals surface area contributed by atoms with Crippen molar-refractivity contribution in [3.05, 3.63) is 65.1 Å². The van der Waals surface area contributed by atoms with Gasteiger partial charge in [0.1, 0.15) is 5.82 Å². The number of carbonyl (C=O) groups is 1. The molecule has 1 aliphatic heterocycles. The number of likely N-dealkylation sites (tertiary alicyclic amines) is 1. The van der Waals surface area contributed by atoms with Gasteiger partial charge >= 0.3 is 5.97 Å². The summed E-state index contributed by atoms with van der Waals surface area (Å²) in [5.74, 6) is -2.07. The molecule has 0 saturated carbocycles. The Hall–Kier alpha value is -2.73. The second-order valence-corrected chi connectivity index (χ2v) is 6.62. The summed E-state index contributed by atoms with van der Waals surface area (Å²) in [6.07, 6.45) is 3.45. The first-order valence-corrected chi connectivity index (χ1v) is 8.60. The lowest BCUT2D eigenvalue weighted by Gasteiger charge is -2.17. The number of nitrogens with one attached hydrogen (secondary N) is 1. The fraction of sp³-hybridized carbons (Fsp3) is 0.300. The average molecular weight is 355 g/mol. The summed E-state index contributed by atoms with van der Waals surface area (Å²) in [5.41, 5.74) is 3.00. The highest BCUT2D eigenvalue weighted by atomic mass is 19.1. The molecule has 2 N–H and O–H groups in total. The summed E-state index contributed by atoms with van der Waals surface area (Å²) >= 11 is 0. The van der Waals surface area contributed by atoms with Crippen molar-refractivity contribution in [1.82, 2.24) is 9.88 Å². The van der Waals surface area contributed by atoms with Crippen LogP contribution >= 0.6 is 0 Å². The average Bonchev–Trinajstić information content (AvgIpc) is 3.05. The lowest BCUT2D eigenvalue weighted by atomic mass is 10.1. The van der Waals surface area contributed by atoms with Crippen LogP contribution in [0.4, 0.5) is 10.2 Å². The molecule has 26 heavy (non-hydrogen) atoms. The summed E-state index contributed by atoms with van der Waals surface area (Å²) in [6, 6.07) is 12.3. The molecule has 136 valence electrons. The molecule has 0 bridgehead atoms. The molecule has 1 fully saturated rings. The number of hydrogen-bond acceptors (Lipinski definition) is 4. The second-order valence-electron chi connectivity index (χ2n) is 6.62. The van der Waals surface area contributed by atoms with Gasteiger partial charge < -0.3 is 10.4 Å². The zero-order chi connectivity index (χ0) is 18.5. The number of benzene rings is 1. The minimum absolute atomic E-state index is 0.310. The number of pyridine rings is 1. The fourth-order valence-corrected chi connectivity index (χ4v) is 3.04. The van der Waals surface area contributed by atoms with E-state index < -0.39 is 11.8 Å². The summed E-state index contributed by atoms with van der Waals surface area (Å²) in [7, 11) is 0. The van der Waals surface area contributed by atoms with Crippen LogP contribution in [0.15, 0.2) is 48.4 Å². The zero-order valence-electron chi connectivity index (χ0n) is 14.7. The van der Waals surface area contributed by atoms with Crippen LogP contribution < -0.4 is 5.32 Å². The van der Waals surface area contributed by atoms with Crippen LogP contribution in [0, 0.1) is 6.92 Å². The first-order chi connectivity index (χ1) is 12.5. The standard InChI is InChI=1S/C20H22FN3O2/c1-14-2-4-15(5-3-14)12-24-9-8-17(13-24)23-19-7-6-16(11-22-19)10-18(21)20(25)26/h2-7,10-11,17H,8-9,12-13H2,1H3,(H,22,23)(H,25,26)/t17-/m1/s1. The summed E-state index contributed by atoms with van der Waals surface area (Å²) in [6.45, 7) is 4.98. The summed E-state index contributed by atoms with van der Waals surface area (Å²) < 4.78 is 13.1. The van der Waals surface area contributed by atoms with E-state index in [1.807, 2.05) is 0 Å². The van der Waals surface area contributed by atoms with Crippen LogP contribution in [0.5, 0.6) is 0 Å². The SMILES string of the molecule is Cc1ccc(CN2CC[C@@H](Nc3ccc(C=C(F)C(=O)O)cn3)C2)cc1. The van der Waals surface area contributed by atoms with Crippen LogP contribution in [0.1, 0.15) is 23.1 Å². The Bertz CT molecular complexity index is 788. The van der Waals surface area contributed by atoms with Gasteiger partial charge in [0.15, 0.2) is 0 Å². The third-order valence-electron chi connectivity index (χ3n) is 4.44. The topological polar surface area (TPSA) is 65.5 Å². The van der Waals surface area contributed by atoms with Gasteiger partial charge in [0.05, 0.1) is 0 Å². The molecule has 0 radical (unpaired) electrons. The van der Waals surface area contributed by atoms with Gasteiger partial charge in [0, 0.05) is 31.9 Å². The van der Waals surface area contributed by atoms with Crippen LogP contribution in [0.3, 0.4) is 0 Å². The maximum Gasteiger partial charge on any atom is 0.364 e. The molecule has 0 spiro atoms. The number of hydrogen-bond donors (Lipinski definition) is 2. The Labute approximate surface area is 152 Å². The minimum Gasteiger partial charge on any atom is -0.476 e. The van der Waals surface area contributed by atoms with Crippen LogP contribution in [-0.4, -0.2) is 40.1 Å². The highest BCUT2D eigenvalue weighted by Gasteiger charge is 2.22. The Kier molecular flexibility index (Phi) is 5.63. The molecule has 0 unspecified atom stereocenters. The molecule has 1 aromatic carbocycles. The van der Waals surface area contributed by atoms with E-state index in [1.54, 1.807) is 12.1 Å². The fourth-order valence-electron chi connectivity index (χ4n) is 3.04. The highest BCUT2D eigenvalue weighted by Crippen LogP contribution is 2.18. The number of rotatable bonds is 6. The van der Waals surface area contributed by atoms with Crippen molar-refractivity contribution in [2.75, 3.05) is 18.4 Å². The van der Waals surface area contributed by atoms with E-state index in [9.17, 15) is 9.18 Å². The van der Waals surface area contributed by atoms with E-state index in [2.05, 4.69) is 46.4 Å². The molecule has 3 rings (SSSR count). The number of aliphatic carboxylic acids is 1. The number of carboxylic acids is 1. The molecule has 2 heterocycles. The molecule has 1 saturated heterocycles. The van der Waals surface area contributed by atoms with Crippen LogP contribution in [0.25, 0.3) is 6.08 Å². The maximum atomic E-state index is 13.1. The molecule has 0 aliphatic carbocycles. The normalized spacial score (nSPS) is 18.1. The van der Waals surface area contributed by atoms with E-state index in [0.717, 1.165) is 32.1 Å². The van der Waals surface area contributed by atoms with Gasteiger partial charge in [-0.25, -0.2) is 9.78 Å². The largest absolute Gasteiger partial charge is 0.476 e. The second kappa shape index (κ2) is 8.10. The lowest BCUT2D eigenvalue weighted by Crippen LogP contribution is -2.26. The highest BCUT2D eigenvalue weighted by molar-refractivity contribution is 5.89. The van der Waals surface area contributed by atoms with Crippen molar-refractivity contribution >= 4 is 17.9 Å². The predicted molar refractivity (Wildman–Crippen MR) is 99.4 cm³/mol. The van der Waals surface area contributed by atoms with Gasteiger partial charge in [-0.05, 0) is 42.7 Å². The molecule has 1 aliphatic rings. The number of carboxylic acid groups (broad SMARTS) is 1. The molecule has 6 heteroatoms. The number of aromatic nitrogens is 1. The van der Waals surface area contributed by atoms with Gasteiger partial charge in [0.25, 0.3) is 0 Å². The minimum atomic E-state index is -1.58. The third kappa shape index (κ3) is 4.89. The Morgan fingerprint density at radius 1 is 1.35 bits per heavy atom. The molecular weight excluding hydrogens is 333 g/mol. The molecule has 1 atom stereocenters. The summed E-state index contributed by atoms with van der Waals surface area (Å²) in [5, 5.41) is 11.9. The van der Waals surface area contributed by atoms with Crippen molar-refractivity contribution in [3.8, 4) is 0 Å². The zero-order valence-corrected chi connectivity index (χ0v) is 14.7. The quantitative estimate of drug-likeness (QED) is 0.777. The Balaban J connectivity index is 1.53. The third-order valence-corrected chi connectivity index (χ3v) is 4.44. The van der Waals surface area contributed by atoms with E-state index in [4.69, 9.17) is 5.11 Å². The Morgan fingerprint density at radius 2 is 2.12 bits per heavy atom. The molecular formula is C20H22FN3O2.